The van der Waals surface area contributed by atoms with Crippen LogP contribution < -0.4 is 10.6 Å². The minimum Gasteiger partial charge on any atom is -0.508 e. The van der Waals surface area contributed by atoms with Gasteiger partial charge < -0.3 is 25.6 Å². The fourth-order valence-electron chi connectivity index (χ4n) is 1.90. The number of benzene rings is 1. The van der Waals surface area contributed by atoms with Crippen LogP contribution in [0.15, 0.2) is 24.3 Å². The first-order valence-electron chi connectivity index (χ1n) is 7.78. The van der Waals surface area contributed by atoms with Gasteiger partial charge in [0, 0.05) is 6.42 Å². The summed E-state index contributed by atoms with van der Waals surface area (Å²) in [6, 6.07) is 3.99. The molecular weight excluding hydrogens is 328 g/mol. The summed E-state index contributed by atoms with van der Waals surface area (Å²) in [6.07, 6.45) is -0.674. The number of phenols is 1. The van der Waals surface area contributed by atoms with Crippen LogP contribution >= 0.6 is 0 Å². The Morgan fingerprint density at radius 3 is 2.16 bits per heavy atom. The van der Waals surface area contributed by atoms with Crippen molar-refractivity contribution in [2.75, 3.05) is 0 Å². The Morgan fingerprint density at radius 2 is 1.68 bits per heavy atom. The Kier molecular flexibility index (Phi) is 6.78. The number of carboxylic acid groups (broad SMARTS) is 1. The molecule has 0 radical (unpaired) electrons. The Labute approximate surface area is 146 Å². The third kappa shape index (κ3) is 7.56. The predicted molar refractivity (Wildman–Crippen MR) is 90.2 cm³/mol. The van der Waals surface area contributed by atoms with Gasteiger partial charge in [-0.05, 0) is 45.4 Å². The number of carbonyl (C=O) groups is 3. The molecule has 8 nitrogen and oxygen atoms in total. The molecule has 1 aromatic carbocycles. The molecule has 1 unspecified atom stereocenters. The second-order valence-electron chi connectivity index (χ2n) is 6.64. The number of nitrogens with one attached hydrogen (secondary N) is 2. The van der Waals surface area contributed by atoms with Gasteiger partial charge in [-0.1, -0.05) is 12.1 Å². The highest BCUT2D eigenvalue weighted by Gasteiger charge is 2.26. The molecule has 0 aliphatic rings. The van der Waals surface area contributed by atoms with Gasteiger partial charge in [0.1, 0.15) is 23.4 Å². The second kappa shape index (κ2) is 8.36. The van der Waals surface area contributed by atoms with Gasteiger partial charge in [0.2, 0.25) is 5.91 Å². The molecule has 0 aliphatic carbocycles. The molecule has 2 amide bonds. The van der Waals surface area contributed by atoms with E-state index in [0.29, 0.717) is 5.56 Å². The van der Waals surface area contributed by atoms with Crippen molar-refractivity contribution < 1.29 is 29.3 Å². The summed E-state index contributed by atoms with van der Waals surface area (Å²) in [5.41, 5.74) is -0.0603. The monoisotopic (exact) mass is 352 g/mol. The molecule has 0 heterocycles. The van der Waals surface area contributed by atoms with Gasteiger partial charge in [-0.15, -0.1) is 0 Å². The van der Waals surface area contributed by atoms with E-state index < -0.39 is 35.7 Å². The number of carboxylic acids is 1. The van der Waals surface area contributed by atoms with E-state index in [-0.39, 0.29) is 12.2 Å². The molecule has 4 N–H and O–H groups in total. The van der Waals surface area contributed by atoms with Crippen molar-refractivity contribution in [2.45, 2.75) is 51.8 Å². The number of hydrogen-bond acceptors (Lipinski definition) is 5. The fourth-order valence-corrected chi connectivity index (χ4v) is 1.90. The second-order valence-corrected chi connectivity index (χ2v) is 6.64. The molecule has 138 valence electrons. The van der Waals surface area contributed by atoms with Gasteiger partial charge in [-0.25, -0.2) is 4.79 Å². The van der Waals surface area contributed by atoms with Gasteiger partial charge >= 0.3 is 12.1 Å². The van der Waals surface area contributed by atoms with Crippen LogP contribution in [0.1, 0.15) is 33.3 Å². The zero-order chi connectivity index (χ0) is 19.2. The van der Waals surface area contributed by atoms with E-state index in [1.54, 1.807) is 32.9 Å². The maximum absolute atomic E-state index is 12.3. The Morgan fingerprint density at radius 1 is 1.12 bits per heavy atom. The number of rotatable bonds is 6. The van der Waals surface area contributed by atoms with Crippen molar-refractivity contribution in [3.05, 3.63) is 29.8 Å². The van der Waals surface area contributed by atoms with Crippen LogP contribution in [0.3, 0.4) is 0 Å². The standard InChI is InChI=1S/C17H24N2O6/c1-10(15(22)23)18-14(21)13(19-16(24)25-17(2,3)4)9-11-5-7-12(20)8-6-11/h5-8,10,13,20H,9H2,1-4H3,(H,18,21)(H,19,24)(H,22,23)/t10?,13-/m1/s1. The quantitative estimate of drug-likeness (QED) is 0.613. The summed E-state index contributed by atoms with van der Waals surface area (Å²) in [5, 5.41) is 23.0. The zero-order valence-corrected chi connectivity index (χ0v) is 14.7. The number of ether oxygens (including phenoxy) is 1. The van der Waals surface area contributed by atoms with Gasteiger partial charge in [-0.3, -0.25) is 9.59 Å². The van der Waals surface area contributed by atoms with E-state index in [9.17, 15) is 19.5 Å². The van der Waals surface area contributed by atoms with Crippen LogP contribution in [0.2, 0.25) is 0 Å². The van der Waals surface area contributed by atoms with Gasteiger partial charge in [0.25, 0.3) is 0 Å². The molecule has 1 rings (SSSR count). The zero-order valence-electron chi connectivity index (χ0n) is 14.7. The number of carbonyl (C=O) groups excluding carboxylic acids is 2. The van der Waals surface area contributed by atoms with E-state index >= 15 is 0 Å². The normalized spacial score (nSPS) is 13.4. The van der Waals surface area contributed by atoms with Crippen LogP contribution in [0.25, 0.3) is 0 Å². The SMILES string of the molecule is CC(NC(=O)[C@@H](Cc1ccc(O)cc1)NC(=O)OC(C)(C)C)C(=O)O. The lowest BCUT2D eigenvalue weighted by atomic mass is 10.0. The Bertz CT molecular complexity index is 621. The van der Waals surface area contributed by atoms with Crippen molar-refractivity contribution in [3.63, 3.8) is 0 Å². The van der Waals surface area contributed by atoms with Crippen molar-refractivity contribution >= 4 is 18.0 Å². The lowest BCUT2D eigenvalue weighted by Crippen LogP contribution is -2.52. The number of phenolic OH excluding ortho intramolecular Hbond substituents is 1. The molecule has 0 fully saturated rings. The molecule has 0 saturated heterocycles. The highest BCUT2D eigenvalue weighted by molar-refractivity contribution is 5.89. The molecule has 0 bridgehead atoms. The predicted octanol–water partition coefficient (Wildman–Crippen LogP) is 1.42. The summed E-state index contributed by atoms with van der Waals surface area (Å²) in [4.78, 5) is 35.2. The molecule has 2 atom stereocenters. The summed E-state index contributed by atoms with van der Waals surface area (Å²) in [6.45, 7) is 6.39. The lowest BCUT2D eigenvalue weighted by molar-refractivity contribution is -0.141. The molecule has 8 heteroatoms. The molecule has 0 spiro atoms. The molecule has 0 saturated carbocycles. The first kappa shape index (κ1) is 20.3. The maximum atomic E-state index is 12.3. The summed E-state index contributed by atoms with van der Waals surface area (Å²) >= 11 is 0. The van der Waals surface area contributed by atoms with Gasteiger partial charge in [0.15, 0.2) is 0 Å². The van der Waals surface area contributed by atoms with E-state index in [2.05, 4.69) is 10.6 Å². The number of aromatic hydroxyl groups is 1. The van der Waals surface area contributed by atoms with Crippen molar-refractivity contribution in [1.82, 2.24) is 10.6 Å². The number of aliphatic carboxylic acids is 1. The Balaban J connectivity index is 2.88. The van der Waals surface area contributed by atoms with Crippen LogP contribution in [0.4, 0.5) is 4.79 Å². The fraction of sp³-hybridized carbons (Fsp3) is 0.471. The number of alkyl carbamates (subject to hydrolysis) is 1. The topological polar surface area (TPSA) is 125 Å². The summed E-state index contributed by atoms with van der Waals surface area (Å²) < 4.78 is 5.14. The van der Waals surface area contributed by atoms with E-state index in [4.69, 9.17) is 9.84 Å². The third-order valence-electron chi connectivity index (χ3n) is 3.11. The van der Waals surface area contributed by atoms with Crippen LogP contribution in [0, 0.1) is 0 Å². The Hall–Kier alpha value is -2.77. The molecule has 0 aliphatic heterocycles. The summed E-state index contributed by atoms with van der Waals surface area (Å²) in [5.74, 6) is -1.76. The first-order valence-corrected chi connectivity index (χ1v) is 7.78. The van der Waals surface area contributed by atoms with Crippen molar-refractivity contribution in [2.24, 2.45) is 0 Å². The lowest BCUT2D eigenvalue weighted by Gasteiger charge is -2.24. The molecule has 25 heavy (non-hydrogen) atoms. The minimum atomic E-state index is -1.19. The van der Waals surface area contributed by atoms with Crippen LogP contribution in [0.5, 0.6) is 5.75 Å². The van der Waals surface area contributed by atoms with Gasteiger partial charge in [0.05, 0.1) is 0 Å². The number of hydrogen-bond donors (Lipinski definition) is 4. The van der Waals surface area contributed by atoms with Crippen molar-refractivity contribution in [1.29, 1.82) is 0 Å². The van der Waals surface area contributed by atoms with Gasteiger partial charge in [-0.2, -0.15) is 0 Å². The van der Waals surface area contributed by atoms with Crippen LogP contribution in [-0.2, 0) is 20.7 Å². The maximum Gasteiger partial charge on any atom is 0.408 e. The van der Waals surface area contributed by atoms with Crippen LogP contribution in [-0.4, -0.2) is 45.9 Å². The van der Waals surface area contributed by atoms with Crippen molar-refractivity contribution in [3.8, 4) is 5.75 Å². The largest absolute Gasteiger partial charge is 0.508 e. The summed E-state index contributed by atoms with van der Waals surface area (Å²) in [7, 11) is 0. The number of amides is 2. The molecular formula is C17H24N2O6. The van der Waals surface area contributed by atoms with E-state index in [0.717, 1.165) is 0 Å². The molecule has 0 aromatic heterocycles. The first-order chi connectivity index (χ1) is 11.5. The highest BCUT2D eigenvalue weighted by Crippen LogP contribution is 2.12. The highest BCUT2D eigenvalue weighted by atomic mass is 16.6. The molecule has 1 aromatic rings. The average Bonchev–Trinajstić information content (AvgIpc) is 2.46. The third-order valence-corrected chi connectivity index (χ3v) is 3.11. The van der Waals surface area contributed by atoms with E-state index in [1.807, 2.05) is 0 Å². The van der Waals surface area contributed by atoms with E-state index in [1.165, 1.54) is 19.1 Å². The minimum absolute atomic E-state index is 0.0735. The smallest absolute Gasteiger partial charge is 0.408 e. The average molecular weight is 352 g/mol.